The molecule has 1 aromatic carbocycles. The van der Waals surface area contributed by atoms with Gasteiger partial charge in [0.05, 0.1) is 11.6 Å². The molecule has 16 heavy (non-hydrogen) atoms. The molecule has 1 fully saturated rings. The summed E-state index contributed by atoms with van der Waals surface area (Å²) >= 11 is 2.09. The number of hydrogen-bond donors (Lipinski definition) is 0. The second-order valence-electron chi connectivity index (χ2n) is 3.60. The Bertz CT molecular complexity index is 432. The summed E-state index contributed by atoms with van der Waals surface area (Å²) in [6.45, 7) is 0. The van der Waals surface area contributed by atoms with Crippen LogP contribution in [0.4, 0.5) is 10.1 Å². The molecule has 5 heteroatoms. The standard InChI is InChI=1S/C11H9FINO2/c12-8-1-3-9(4-2-8)14-10(15)5-7(6-13)11(14)16/h1-4,7H,5-6H2. The van der Waals surface area contributed by atoms with E-state index in [0.717, 1.165) is 4.90 Å². The van der Waals surface area contributed by atoms with E-state index in [1.54, 1.807) is 0 Å². The Morgan fingerprint density at radius 2 is 1.94 bits per heavy atom. The van der Waals surface area contributed by atoms with Crippen molar-refractivity contribution >= 4 is 40.1 Å². The molecule has 2 rings (SSSR count). The first-order valence-electron chi connectivity index (χ1n) is 4.82. The molecule has 1 heterocycles. The first-order valence-corrected chi connectivity index (χ1v) is 6.34. The van der Waals surface area contributed by atoms with Crippen LogP contribution in [0.25, 0.3) is 0 Å². The first kappa shape index (κ1) is 11.5. The van der Waals surface area contributed by atoms with Gasteiger partial charge in [-0.1, -0.05) is 22.6 Å². The van der Waals surface area contributed by atoms with Crippen molar-refractivity contribution in [1.29, 1.82) is 0 Å². The van der Waals surface area contributed by atoms with Crippen LogP contribution >= 0.6 is 22.6 Å². The Hall–Kier alpha value is -0.980. The van der Waals surface area contributed by atoms with Crippen molar-refractivity contribution in [3.05, 3.63) is 30.1 Å². The lowest BCUT2D eigenvalue weighted by molar-refractivity contribution is -0.122. The van der Waals surface area contributed by atoms with Gasteiger partial charge in [-0.15, -0.1) is 0 Å². The fourth-order valence-corrected chi connectivity index (χ4v) is 2.36. The monoisotopic (exact) mass is 333 g/mol. The second kappa shape index (κ2) is 4.48. The number of nitrogens with zero attached hydrogens (tertiary/aromatic N) is 1. The highest BCUT2D eigenvalue weighted by atomic mass is 127. The normalized spacial score (nSPS) is 20.6. The number of amides is 2. The fraction of sp³-hybridized carbons (Fsp3) is 0.273. The lowest BCUT2D eigenvalue weighted by atomic mass is 10.1. The Labute approximate surface area is 106 Å². The number of carbonyl (C=O) groups is 2. The Morgan fingerprint density at radius 1 is 1.31 bits per heavy atom. The van der Waals surface area contributed by atoms with E-state index in [0.29, 0.717) is 10.1 Å². The highest BCUT2D eigenvalue weighted by molar-refractivity contribution is 14.1. The quantitative estimate of drug-likeness (QED) is 0.472. The summed E-state index contributed by atoms with van der Waals surface area (Å²) in [4.78, 5) is 24.6. The summed E-state index contributed by atoms with van der Waals surface area (Å²) in [5.74, 6) is -1.02. The van der Waals surface area contributed by atoms with Crippen molar-refractivity contribution in [3.8, 4) is 0 Å². The Balaban J connectivity index is 2.31. The molecule has 0 radical (unpaired) electrons. The Morgan fingerprint density at radius 3 is 2.44 bits per heavy atom. The van der Waals surface area contributed by atoms with Gasteiger partial charge in [-0.25, -0.2) is 4.39 Å². The minimum absolute atomic E-state index is 0.189. The summed E-state index contributed by atoms with van der Waals surface area (Å²) < 4.78 is 13.3. The third-order valence-corrected chi connectivity index (χ3v) is 3.57. The maximum atomic E-state index is 12.7. The molecule has 3 nitrogen and oxygen atoms in total. The molecular weight excluding hydrogens is 324 g/mol. The minimum Gasteiger partial charge on any atom is -0.274 e. The van der Waals surface area contributed by atoms with Crippen molar-refractivity contribution in [3.63, 3.8) is 0 Å². The lowest BCUT2D eigenvalue weighted by Crippen LogP contribution is -2.30. The number of benzene rings is 1. The average Bonchev–Trinajstić information content (AvgIpc) is 2.56. The molecule has 0 saturated carbocycles. The highest BCUT2D eigenvalue weighted by Crippen LogP contribution is 2.27. The van der Waals surface area contributed by atoms with E-state index in [-0.39, 0.29) is 30.0 Å². The van der Waals surface area contributed by atoms with Crippen LogP contribution in [-0.2, 0) is 9.59 Å². The van der Waals surface area contributed by atoms with Gasteiger partial charge in [0.1, 0.15) is 5.82 Å². The molecule has 1 aliphatic heterocycles. The van der Waals surface area contributed by atoms with Gasteiger partial charge in [0.2, 0.25) is 11.8 Å². The van der Waals surface area contributed by atoms with Gasteiger partial charge < -0.3 is 0 Å². The fourth-order valence-electron chi connectivity index (χ4n) is 1.68. The van der Waals surface area contributed by atoms with Gasteiger partial charge >= 0.3 is 0 Å². The van der Waals surface area contributed by atoms with Crippen LogP contribution in [0.15, 0.2) is 24.3 Å². The number of anilines is 1. The van der Waals surface area contributed by atoms with E-state index in [1.165, 1.54) is 24.3 Å². The third-order valence-electron chi connectivity index (χ3n) is 2.51. The van der Waals surface area contributed by atoms with E-state index >= 15 is 0 Å². The third kappa shape index (κ3) is 1.95. The molecule has 1 saturated heterocycles. The van der Waals surface area contributed by atoms with Gasteiger partial charge in [0, 0.05) is 10.8 Å². The average molecular weight is 333 g/mol. The van der Waals surface area contributed by atoms with Crippen molar-refractivity contribution in [2.24, 2.45) is 5.92 Å². The van der Waals surface area contributed by atoms with Crippen LogP contribution in [0.3, 0.4) is 0 Å². The maximum absolute atomic E-state index is 12.7. The second-order valence-corrected chi connectivity index (χ2v) is 4.48. The lowest BCUT2D eigenvalue weighted by Gasteiger charge is -2.14. The zero-order valence-electron chi connectivity index (χ0n) is 8.32. The molecule has 0 aliphatic carbocycles. The van der Waals surface area contributed by atoms with Crippen molar-refractivity contribution in [2.75, 3.05) is 9.33 Å². The summed E-state index contributed by atoms with van der Waals surface area (Å²) in [6, 6.07) is 5.38. The van der Waals surface area contributed by atoms with Gasteiger partial charge in [-0.05, 0) is 24.3 Å². The van der Waals surface area contributed by atoms with Crippen molar-refractivity contribution < 1.29 is 14.0 Å². The molecule has 84 valence electrons. The van der Waals surface area contributed by atoms with Crippen molar-refractivity contribution in [2.45, 2.75) is 6.42 Å². The molecule has 2 amide bonds. The number of rotatable bonds is 2. The topological polar surface area (TPSA) is 37.4 Å². The number of alkyl halides is 1. The van der Waals surface area contributed by atoms with Crippen LogP contribution in [0.2, 0.25) is 0 Å². The van der Waals surface area contributed by atoms with E-state index in [4.69, 9.17) is 0 Å². The van der Waals surface area contributed by atoms with Gasteiger partial charge in [-0.2, -0.15) is 0 Å². The van der Waals surface area contributed by atoms with Crippen LogP contribution in [0.5, 0.6) is 0 Å². The highest BCUT2D eigenvalue weighted by Gasteiger charge is 2.38. The van der Waals surface area contributed by atoms with Crippen LogP contribution < -0.4 is 4.90 Å². The molecule has 0 spiro atoms. The van der Waals surface area contributed by atoms with Crippen LogP contribution in [0.1, 0.15) is 6.42 Å². The van der Waals surface area contributed by atoms with E-state index in [9.17, 15) is 14.0 Å². The number of halogens is 2. The molecule has 1 atom stereocenters. The van der Waals surface area contributed by atoms with Gasteiger partial charge in [0.15, 0.2) is 0 Å². The van der Waals surface area contributed by atoms with E-state index in [1.807, 2.05) is 0 Å². The largest absolute Gasteiger partial charge is 0.274 e. The summed E-state index contributed by atoms with van der Waals surface area (Å²) in [6.07, 6.45) is 0.249. The zero-order valence-corrected chi connectivity index (χ0v) is 10.5. The molecule has 0 N–H and O–H groups in total. The van der Waals surface area contributed by atoms with Gasteiger partial charge in [0.25, 0.3) is 0 Å². The van der Waals surface area contributed by atoms with Crippen LogP contribution in [-0.4, -0.2) is 16.2 Å². The summed E-state index contributed by atoms with van der Waals surface area (Å²) in [7, 11) is 0. The Kier molecular flexibility index (Phi) is 3.22. The van der Waals surface area contributed by atoms with Gasteiger partial charge in [-0.3, -0.25) is 14.5 Å². The zero-order chi connectivity index (χ0) is 11.7. The SMILES string of the molecule is O=C1CC(CI)C(=O)N1c1ccc(F)cc1. The number of imide groups is 1. The van der Waals surface area contributed by atoms with E-state index in [2.05, 4.69) is 22.6 Å². The first-order chi connectivity index (χ1) is 7.63. The number of carbonyl (C=O) groups excluding carboxylic acids is 2. The summed E-state index contributed by atoms with van der Waals surface area (Å²) in [5, 5.41) is 0. The van der Waals surface area contributed by atoms with Crippen LogP contribution in [0, 0.1) is 11.7 Å². The van der Waals surface area contributed by atoms with E-state index < -0.39 is 0 Å². The maximum Gasteiger partial charge on any atom is 0.238 e. The molecule has 0 bridgehead atoms. The number of hydrogen-bond acceptors (Lipinski definition) is 2. The summed E-state index contributed by atoms with van der Waals surface area (Å²) in [5.41, 5.74) is 0.448. The molecular formula is C11H9FINO2. The molecule has 0 aromatic heterocycles. The predicted molar refractivity (Wildman–Crippen MR) is 65.9 cm³/mol. The minimum atomic E-state index is -0.381. The molecule has 1 aliphatic rings. The van der Waals surface area contributed by atoms with Crippen molar-refractivity contribution in [1.82, 2.24) is 0 Å². The molecule has 1 aromatic rings. The predicted octanol–water partition coefficient (Wildman–Crippen LogP) is 2.14. The smallest absolute Gasteiger partial charge is 0.238 e. The molecule has 1 unspecified atom stereocenters.